The largest absolute Gasteiger partial charge is 0.376 e. The van der Waals surface area contributed by atoms with Crippen LogP contribution >= 0.6 is 11.3 Å². The van der Waals surface area contributed by atoms with E-state index >= 15 is 0 Å². The molecule has 0 bridgehead atoms. The van der Waals surface area contributed by atoms with E-state index in [9.17, 15) is 9.59 Å². The molecule has 0 aliphatic carbocycles. The number of carbonyl (C=O) groups is 2. The highest BCUT2D eigenvalue weighted by molar-refractivity contribution is 7.09. The molecule has 1 unspecified atom stereocenters. The fraction of sp³-hybridized carbons (Fsp3) is 0.357. The summed E-state index contributed by atoms with van der Waals surface area (Å²) in [7, 11) is 0. The summed E-state index contributed by atoms with van der Waals surface area (Å²) in [5, 5.41) is 7.96. The Morgan fingerprint density at radius 3 is 2.77 bits per heavy atom. The number of hydrogen-bond acceptors (Lipinski definition) is 5. The van der Waals surface area contributed by atoms with Gasteiger partial charge in [-0.15, -0.1) is 11.3 Å². The van der Waals surface area contributed by atoms with Gasteiger partial charge < -0.3 is 15.4 Å². The minimum absolute atomic E-state index is 0.0365. The second-order valence-corrected chi connectivity index (χ2v) is 10.0. The number of amides is 2. The number of anilines is 1. The number of nitrogens with zero attached hydrogens (tertiary/aromatic N) is 1. The average Bonchev–Trinajstić information content (AvgIpc) is 3.36. The summed E-state index contributed by atoms with van der Waals surface area (Å²) in [4.78, 5) is 28.7. The minimum atomic E-state index is -0.161. The van der Waals surface area contributed by atoms with Gasteiger partial charge in [-0.2, -0.15) is 0 Å². The lowest BCUT2D eigenvalue weighted by Crippen LogP contribution is -2.40. The third kappa shape index (κ3) is 8.02. The summed E-state index contributed by atoms with van der Waals surface area (Å²) < 4.78 is 5.63. The third-order valence-electron chi connectivity index (χ3n) is 5.99. The van der Waals surface area contributed by atoms with E-state index in [1.807, 2.05) is 24.3 Å². The molecule has 2 N–H and O–H groups in total. The molecule has 6 nitrogen and oxygen atoms in total. The van der Waals surface area contributed by atoms with Crippen LogP contribution in [0, 0.1) is 0 Å². The van der Waals surface area contributed by atoms with Crippen molar-refractivity contribution in [2.24, 2.45) is 0 Å². The number of carbonyl (C=O) groups excluding carboxylic acids is 2. The Bertz CT molecular complexity index is 1120. The molecular weight excluding hydrogens is 458 g/mol. The molecule has 2 aromatic carbocycles. The van der Waals surface area contributed by atoms with E-state index in [0.29, 0.717) is 24.2 Å². The van der Waals surface area contributed by atoms with Crippen LogP contribution in [0.2, 0.25) is 0 Å². The molecule has 2 amide bonds. The number of nitrogens with one attached hydrogen (secondary N) is 2. The standard InChI is InChI=1S/C28H33N3O3S/c1-21-19-31(13-14-34-21)20-23-7-2-6-22(16-23)18-29-28(33)24-8-3-9-25(17-24)30-27(32)12-4-10-26-11-5-15-35-26/h2-3,5-9,11,15-17,21H,4,10,12-14,18-20H2,1H3,(H,29,33)(H,30,32). The highest BCUT2D eigenvalue weighted by Crippen LogP contribution is 2.15. The summed E-state index contributed by atoms with van der Waals surface area (Å²) in [6, 6.07) is 19.5. The zero-order valence-electron chi connectivity index (χ0n) is 20.2. The normalized spacial score (nSPS) is 16.1. The van der Waals surface area contributed by atoms with Gasteiger partial charge in [0.05, 0.1) is 12.7 Å². The highest BCUT2D eigenvalue weighted by Gasteiger charge is 2.16. The third-order valence-corrected chi connectivity index (χ3v) is 6.93. The van der Waals surface area contributed by atoms with Gasteiger partial charge in [0.1, 0.15) is 0 Å². The molecule has 3 aromatic rings. The van der Waals surface area contributed by atoms with Gasteiger partial charge in [0.2, 0.25) is 5.91 Å². The van der Waals surface area contributed by atoms with Crippen LogP contribution in [0.15, 0.2) is 66.0 Å². The van der Waals surface area contributed by atoms with E-state index in [0.717, 1.165) is 44.6 Å². The Labute approximate surface area is 211 Å². The predicted octanol–water partition coefficient (Wildman–Crippen LogP) is 4.86. The molecule has 1 aliphatic heterocycles. The number of rotatable bonds is 10. The lowest BCUT2D eigenvalue weighted by atomic mass is 10.1. The van der Waals surface area contributed by atoms with Crippen molar-refractivity contribution in [1.82, 2.24) is 10.2 Å². The highest BCUT2D eigenvalue weighted by atomic mass is 32.1. The van der Waals surface area contributed by atoms with Crippen LogP contribution in [0.1, 0.15) is 46.1 Å². The topological polar surface area (TPSA) is 70.7 Å². The molecule has 1 aromatic heterocycles. The first kappa shape index (κ1) is 25.1. The quantitative estimate of drug-likeness (QED) is 0.425. The van der Waals surface area contributed by atoms with Crippen LogP contribution in [0.25, 0.3) is 0 Å². The summed E-state index contributed by atoms with van der Waals surface area (Å²) in [5.41, 5.74) is 3.46. The van der Waals surface area contributed by atoms with E-state index in [2.05, 4.69) is 46.0 Å². The monoisotopic (exact) mass is 491 g/mol. The van der Waals surface area contributed by atoms with E-state index < -0.39 is 0 Å². The second kappa shape index (κ2) is 12.6. The average molecular weight is 492 g/mol. The first-order valence-corrected chi connectivity index (χ1v) is 13.1. The Morgan fingerprint density at radius 1 is 1.09 bits per heavy atom. The lowest BCUT2D eigenvalue weighted by molar-refractivity contribution is -0.116. The van der Waals surface area contributed by atoms with Crippen molar-refractivity contribution in [2.45, 2.75) is 45.4 Å². The molecule has 0 saturated carbocycles. The van der Waals surface area contributed by atoms with E-state index in [4.69, 9.17) is 4.74 Å². The van der Waals surface area contributed by atoms with Gasteiger partial charge in [-0.3, -0.25) is 14.5 Å². The molecule has 1 fully saturated rings. The van der Waals surface area contributed by atoms with Crippen molar-refractivity contribution in [3.63, 3.8) is 0 Å². The summed E-state index contributed by atoms with van der Waals surface area (Å²) in [6.07, 6.45) is 2.42. The maximum atomic E-state index is 12.8. The van der Waals surface area contributed by atoms with E-state index in [1.165, 1.54) is 10.4 Å². The van der Waals surface area contributed by atoms with E-state index in [1.54, 1.807) is 29.5 Å². The van der Waals surface area contributed by atoms with Crippen LogP contribution in [0.4, 0.5) is 5.69 Å². The molecule has 7 heteroatoms. The van der Waals surface area contributed by atoms with Crippen LogP contribution in [-0.2, 0) is 29.0 Å². The van der Waals surface area contributed by atoms with Crippen molar-refractivity contribution in [1.29, 1.82) is 0 Å². The summed E-state index contributed by atoms with van der Waals surface area (Å²) >= 11 is 1.71. The van der Waals surface area contributed by atoms with Crippen LogP contribution in [-0.4, -0.2) is 42.5 Å². The molecular formula is C28H33N3O3S. The number of morpholine rings is 1. The van der Waals surface area contributed by atoms with Gasteiger partial charge in [0.25, 0.3) is 5.91 Å². The van der Waals surface area contributed by atoms with E-state index in [-0.39, 0.29) is 17.9 Å². The molecule has 1 saturated heterocycles. The Morgan fingerprint density at radius 2 is 1.94 bits per heavy atom. The van der Waals surface area contributed by atoms with Gasteiger partial charge in [-0.05, 0) is 60.5 Å². The molecule has 2 heterocycles. The number of hydrogen-bond donors (Lipinski definition) is 2. The Balaban J connectivity index is 1.25. The van der Waals surface area contributed by atoms with Crippen LogP contribution < -0.4 is 10.6 Å². The maximum absolute atomic E-state index is 12.8. The van der Waals surface area contributed by atoms with Gasteiger partial charge >= 0.3 is 0 Å². The smallest absolute Gasteiger partial charge is 0.251 e. The molecule has 1 aliphatic rings. The number of thiophene rings is 1. The van der Waals surface area contributed by atoms with Crippen molar-refractivity contribution < 1.29 is 14.3 Å². The molecule has 1 atom stereocenters. The van der Waals surface area contributed by atoms with Gasteiger partial charge in [0, 0.05) is 48.7 Å². The zero-order valence-corrected chi connectivity index (χ0v) is 21.0. The number of aryl methyl sites for hydroxylation is 1. The summed E-state index contributed by atoms with van der Waals surface area (Å²) in [5.74, 6) is -0.197. The lowest BCUT2D eigenvalue weighted by Gasteiger charge is -2.31. The number of ether oxygens (including phenoxy) is 1. The predicted molar refractivity (Wildman–Crippen MR) is 141 cm³/mol. The fourth-order valence-electron chi connectivity index (χ4n) is 4.25. The first-order chi connectivity index (χ1) is 17.0. The molecule has 184 valence electrons. The number of benzene rings is 2. The molecule has 4 rings (SSSR count). The van der Waals surface area contributed by atoms with Gasteiger partial charge in [0.15, 0.2) is 0 Å². The van der Waals surface area contributed by atoms with Gasteiger partial charge in [-0.1, -0.05) is 36.4 Å². The van der Waals surface area contributed by atoms with Crippen molar-refractivity contribution in [2.75, 3.05) is 25.0 Å². The fourth-order valence-corrected chi connectivity index (χ4v) is 5.01. The SMILES string of the molecule is CC1CN(Cc2cccc(CNC(=O)c3cccc(NC(=O)CCCc4cccs4)c3)c2)CCO1. The van der Waals surface area contributed by atoms with Crippen LogP contribution in [0.3, 0.4) is 0 Å². The molecule has 0 radical (unpaired) electrons. The Hall–Kier alpha value is -3.00. The van der Waals surface area contributed by atoms with Crippen LogP contribution in [0.5, 0.6) is 0 Å². The summed E-state index contributed by atoms with van der Waals surface area (Å²) in [6.45, 7) is 6.07. The first-order valence-electron chi connectivity index (χ1n) is 12.2. The minimum Gasteiger partial charge on any atom is -0.376 e. The zero-order chi connectivity index (χ0) is 24.5. The second-order valence-electron chi connectivity index (χ2n) is 8.98. The Kier molecular flexibility index (Phi) is 9.06. The van der Waals surface area contributed by atoms with Crippen molar-refractivity contribution >= 4 is 28.8 Å². The maximum Gasteiger partial charge on any atom is 0.251 e. The van der Waals surface area contributed by atoms with Crippen molar-refractivity contribution in [3.05, 3.63) is 87.6 Å². The van der Waals surface area contributed by atoms with Gasteiger partial charge in [-0.25, -0.2) is 0 Å². The molecule has 35 heavy (non-hydrogen) atoms. The van der Waals surface area contributed by atoms with Crippen molar-refractivity contribution in [3.8, 4) is 0 Å². The molecule has 0 spiro atoms.